The van der Waals surface area contributed by atoms with E-state index in [4.69, 9.17) is 18.5 Å². The van der Waals surface area contributed by atoms with E-state index in [2.05, 4.69) is 31.2 Å². The van der Waals surface area contributed by atoms with Crippen LogP contribution in [0.2, 0.25) is 0 Å². The molecule has 10 heteroatoms. The number of quaternary nitrogens is 1. The molecule has 2 atom stereocenters. The zero-order chi connectivity index (χ0) is 35.8. The first kappa shape index (κ1) is 46.5. The Morgan fingerprint density at radius 2 is 1.17 bits per heavy atom. The molecule has 0 bridgehead atoms. The van der Waals surface area contributed by atoms with Crippen molar-refractivity contribution in [1.29, 1.82) is 0 Å². The molecule has 1 N–H and O–H groups in total. The van der Waals surface area contributed by atoms with Crippen LogP contribution in [0.15, 0.2) is 24.3 Å². The first-order valence-electron chi connectivity index (χ1n) is 19.1. The highest BCUT2D eigenvalue weighted by molar-refractivity contribution is 7.47. The third kappa shape index (κ3) is 34.4. The second kappa shape index (κ2) is 31.5. The number of phosphoric acid groups is 1. The second-order valence-electron chi connectivity index (χ2n) is 14.0. The summed E-state index contributed by atoms with van der Waals surface area (Å²) in [6.07, 6.45) is 32.5. The average Bonchev–Trinajstić information content (AvgIpc) is 3.02. The van der Waals surface area contributed by atoms with E-state index >= 15 is 0 Å². The van der Waals surface area contributed by atoms with Crippen molar-refractivity contribution in [1.82, 2.24) is 0 Å². The van der Waals surface area contributed by atoms with E-state index in [1.54, 1.807) is 0 Å². The maximum atomic E-state index is 12.5. The van der Waals surface area contributed by atoms with E-state index in [0.717, 1.165) is 25.7 Å². The maximum Gasteiger partial charge on any atom is 0.472 e. The molecular weight excluding hydrogens is 629 g/mol. The molecule has 0 amide bonds. The number of hydrogen-bond donors (Lipinski definition) is 1. The average molecular weight is 703 g/mol. The lowest BCUT2D eigenvalue weighted by atomic mass is 10.0. The zero-order valence-corrected chi connectivity index (χ0v) is 32.4. The van der Waals surface area contributed by atoms with Crippen LogP contribution in [0.3, 0.4) is 0 Å². The lowest BCUT2D eigenvalue weighted by Gasteiger charge is -2.24. The van der Waals surface area contributed by atoms with Gasteiger partial charge in [0.1, 0.15) is 19.8 Å². The number of allylic oxidation sites excluding steroid dienone is 4. The van der Waals surface area contributed by atoms with Crippen molar-refractivity contribution in [3.8, 4) is 0 Å². The van der Waals surface area contributed by atoms with Gasteiger partial charge in [0.2, 0.25) is 0 Å². The SMILES string of the molecule is CCCCCCC/C=C\C/C=C\CCCCCCCCCCCCCC(=O)OC(COC(=O)CCC)COP(=O)(O)OCC[N+](C)(C)C. The van der Waals surface area contributed by atoms with E-state index in [1.165, 1.54) is 89.9 Å². The molecule has 0 rings (SSSR count). The van der Waals surface area contributed by atoms with Gasteiger partial charge in [-0.25, -0.2) is 4.57 Å². The van der Waals surface area contributed by atoms with Crippen LogP contribution in [0.1, 0.15) is 155 Å². The minimum atomic E-state index is -4.34. The van der Waals surface area contributed by atoms with Crippen LogP contribution in [-0.2, 0) is 32.7 Å². The fourth-order valence-electron chi connectivity index (χ4n) is 4.96. The summed E-state index contributed by atoms with van der Waals surface area (Å²) in [5, 5.41) is 0. The van der Waals surface area contributed by atoms with Gasteiger partial charge in [-0.3, -0.25) is 18.6 Å². The molecule has 0 aromatic rings. The third-order valence-electron chi connectivity index (χ3n) is 7.95. The molecular formula is C38H73NO8P+. The molecule has 0 spiro atoms. The minimum Gasteiger partial charge on any atom is -0.462 e. The van der Waals surface area contributed by atoms with Crippen LogP contribution >= 0.6 is 7.82 Å². The number of likely N-dealkylation sites (N-methyl/N-ethyl adjacent to an activating group) is 1. The van der Waals surface area contributed by atoms with Gasteiger partial charge in [0.15, 0.2) is 6.10 Å². The maximum absolute atomic E-state index is 12.5. The number of phosphoric ester groups is 1. The summed E-state index contributed by atoms with van der Waals surface area (Å²) in [5.74, 6) is -0.861. The van der Waals surface area contributed by atoms with Crippen LogP contribution in [0.25, 0.3) is 0 Å². The fourth-order valence-corrected chi connectivity index (χ4v) is 5.70. The van der Waals surface area contributed by atoms with E-state index in [1.807, 2.05) is 28.1 Å². The quantitative estimate of drug-likeness (QED) is 0.0232. The predicted molar refractivity (Wildman–Crippen MR) is 197 cm³/mol. The first-order chi connectivity index (χ1) is 23.0. The highest BCUT2D eigenvalue weighted by Gasteiger charge is 2.27. The van der Waals surface area contributed by atoms with Gasteiger partial charge in [-0.15, -0.1) is 0 Å². The molecule has 0 fully saturated rings. The van der Waals surface area contributed by atoms with E-state index < -0.39 is 32.5 Å². The molecule has 9 nitrogen and oxygen atoms in total. The van der Waals surface area contributed by atoms with Crippen LogP contribution in [0, 0.1) is 0 Å². The summed E-state index contributed by atoms with van der Waals surface area (Å²) in [7, 11) is 1.47. The Labute approximate surface area is 294 Å². The van der Waals surface area contributed by atoms with Gasteiger partial charge in [-0.05, 0) is 44.9 Å². The summed E-state index contributed by atoms with van der Waals surface area (Å²) in [5.41, 5.74) is 0. The van der Waals surface area contributed by atoms with Crippen LogP contribution in [-0.4, -0.2) is 74.9 Å². The molecule has 282 valence electrons. The Balaban J connectivity index is 3.94. The Hall–Kier alpha value is -1.51. The lowest BCUT2D eigenvalue weighted by molar-refractivity contribution is -0.870. The van der Waals surface area contributed by atoms with Crippen LogP contribution in [0.4, 0.5) is 0 Å². The van der Waals surface area contributed by atoms with Gasteiger partial charge in [0.25, 0.3) is 0 Å². The number of nitrogens with zero attached hydrogens (tertiary/aromatic N) is 1. The van der Waals surface area contributed by atoms with E-state index in [9.17, 15) is 19.0 Å². The standard InChI is InChI=1S/C38H72NO8P/c1-6-8-9-10-11-12-13-14-15-16-17-18-19-20-21-22-23-24-25-26-27-28-29-31-38(41)47-36(34-44-37(40)30-7-2)35-46-48(42,43)45-33-32-39(3,4)5/h13-14,16-17,36H,6-12,15,18-35H2,1-5H3/p+1/b14-13-,17-16-. The highest BCUT2D eigenvalue weighted by Crippen LogP contribution is 2.43. The summed E-state index contributed by atoms with van der Waals surface area (Å²) < 4.78 is 33.5. The van der Waals surface area contributed by atoms with Crippen molar-refractivity contribution >= 4 is 19.8 Å². The van der Waals surface area contributed by atoms with Gasteiger partial charge in [0.05, 0.1) is 27.7 Å². The van der Waals surface area contributed by atoms with Crippen molar-refractivity contribution in [2.24, 2.45) is 0 Å². The molecule has 0 saturated carbocycles. The van der Waals surface area contributed by atoms with Crippen molar-refractivity contribution in [3.63, 3.8) is 0 Å². The summed E-state index contributed by atoms with van der Waals surface area (Å²) in [4.78, 5) is 34.3. The van der Waals surface area contributed by atoms with Gasteiger partial charge < -0.3 is 18.9 Å². The first-order valence-corrected chi connectivity index (χ1v) is 20.6. The van der Waals surface area contributed by atoms with Crippen molar-refractivity contribution < 1.29 is 42.1 Å². The normalized spacial score (nSPS) is 14.0. The molecule has 0 aliphatic carbocycles. The molecule has 0 aromatic carbocycles. The second-order valence-corrected chi connectivity index (χ2v) is 15.4. The van der Waals surface area contributed by atoms with Crippen molar-refractivity contribution in [2.45, 2.75) is 161 Å². The van der Waals surface area contributed by atoms with Gasteiger partial charge in [-0.2, -0.15) is 0 Å². The van der Waals surface area contributed by atoms with Crippen LogP contribution < -0.4 is 0 Å². The molecule has 0 aliphatic heterocycles. The fraction of sp³-hybridized carbons (Fsp3) is 0.842. The van der Waals surface area contributed by atoms with Crippen molar-refractivity contribution in [3.05, 3.63) is 24.3 Å². The number of carbonyl (C=O) groups is 2. The molecule has 0 radical (unpaired) electrons. The van der Waals surface area contributed by atoms with Gasteiger partial charge in [0, 0.05) is 12.8 Å². The number of carbonyl (C=O) groups excluding carboxylic acids is 2. The predicted octanol–water partition coefficient (Wildman–Crippen LogP) is 10.0. The molecule has 0 saturated heterocycles. The van der Waals surface area contributed by atoms with E-state index in [-0.39, 0.29) is 26.1 Å². The summed E-state index contributed by atoms with van der Waals surface area (Å²) in [6.45, 7) is 4.02. The Morgan fingerprint density at radius 3 is 1.69 bits per heavy atom. The lowest BCUT2D eigenvalue weighted by Crippen LogP contribution is -2.37. The van der Waals surface area contributed by atoms with Gasteiger partial charge in [-0.1, -0.05) is 122 Å². The molecule has 48 heavy (non-hydrogen) atoms. The number of rotatable bonds is 34. The highest BCUT2D eigenvalue weighted by atomic mass is 31.2. The number of ether oxygens (including phenoxy) is 2. The molecule has 0 aliphatic rings. The van der Waals surface area contributed by atoms with Crippen LogP contribution in [0.5, 0.6) is 0 Å². The van der Waals surface area contributed by atoms with Gasteiger partial charge >= 0.3 is 19.8 Å². The third-order valence-corrected chi connectivity index (χ3v) is 8.94. The molecule has 0 aromatic heterocycles. The topological polar surface area (TPSA) is 108 Å². The smallest absolute Gasteiger partial charge is 0.462 e. The molecule has 0 heterocycles. The zero-order valence-electron chi connectivity index (χ0n) is 31.5. The monoisotopic (exact) mass is 703 g/mol. The minimum absolute atomic E-state index is 0.0310. The Morgan fingerprint density at radius 1 is 0.646 bits per heavy atom. The Bertz CT molecular complexity index is 886. The largest absolute Gasteiger partial charge is 0.472 e. The van der Waals surface area contributed by atoms with E-state index in [0.29, 0.717) is 23.9 Å². The van der Waals surface area contributed by atoms with Crippen molar-refractivity contribution in [2.75, 3.05) is 47.5 Å². The molecule has 2 unspecified atom stereocenters. The number of hydrogen-bond acceptors (Lipinski definition) is 7. The summed E-state index contributed by atoms with van der Waals surface area (Å²) >= 11 is 0. The summed E-state index contributed by atoms with van der Waals surface area (Å²) in [6, 6.07) is 0. The number of esters is 2. The number of unbranched alkanes of at least 4 members (excludes halogenated alkanes) is 16. The Kier molecular flexibility index (Phi) is 30.5.